The predicted molar refractivity (Wildman–Crippen MR) is 91.7 cm³/mol. The molecule has 0 aliphatic rings. The summed E-state index contributed by atoms with van der Waals surface area (Å²) in [4.78, 5) is 0.146. The summed E-state index contributed by atoms with van der Waals surface area (Å²) >= 11 is -0.0401. The van der Waals surface area contributed by atoms with E-state index in [2.05, 4.69) is 5.10 Å². The fourth-order valence-electron chi connectivity index (χ4n) is 2.48. The second-order valence-corrected chi connectivity index (χ2v) is 11.2. The van der Waals surface area contributed by atoms with Gasteiger partial charge in [-0.05, 0) is 0 Å². The van der Waals surface area contributed by atoms with Crippen LogP contribution in [0, 0.1) is 6.92 Å². The van der Waals surface area contributed by atoms with Gasteiger partial charge in [-0.15, -0.1) is 0 Å². The molecule has 0 amide bonds. The summed E-state index contributed by atoms with van der Waals surface area (Å²) in [6.45, 7) is 1.88. The SMILES string of the molecule is Cc1ccc(-c2cc(C(F)(F)F)nn2-c2ccc([S](=O)(=O)[Na])cc2)cc1. The molecule has 9 heteroatoms. The number of benzene rings is 2. The first kappa shape index (κ1) is 19.2. The van der Waals surface area contributed by atoms with Gasteiger partial charge in [-0.1, -0.05) is 0 Å². The minimum atomic E-state index is -4.58. The van der Waals surface area contributed by atoms with Crippen LogP contribution in [0.1, 0.15) is 11.3 Å². The van der Waals surface area contributed by atoms with E-state index in [1.54, 1.807) is 24.3 Å². The number of halogens is 3. The molecule has 0 saturated carbocycles. The molecule has 130 valence electrons. The van der Waals surface area contributed by atoms with Gasteiger partial charge >= 0.3 is 164 Å². The summed E-state index contributed by atoms with van der Waals surface area (Å²) < 4.78 is 63.9. The Labute approximate surface area is 164 Å². The summed E-state index contributed by atoms with van der Waals surface area (Å²) in [5.74, 6) is -3.26. The Kier molecular flexibility index (Phi) is 5.04. The van der Waals surface area contributed by atoms with Gasteiger partial charge in [-0.25, -0.2) is 0 Å². The first-order valence-corrected chi connectivity index (χ1v) is 11.9. The van der Waals surface area contributed by atoms with Crippen LogP contribution in [0.2, 0.25) is 0 Å². The minimum absolute atomic E-state index is 0.0401. The number of rotatable bonds is 3. The summed E-state index contributed by atoms with van der Waals surface area (Å²) in [5.41, 5.74) is 1.19. The molecule has 3 rings (SSSR count). The Balaban J connectivity index is 2.16. The number of aromatic nitrogens is 2. The molecule has 4 nitrogen and oxygen atoms in total. The third-order valence-electron chi connectivity index (χ3n) is 3.86. The van der Waals surface area contributed by atoms with Gasteiger partial charge in [-0.2, -0.15) is 0 Å². The van der Waals surface area contributed by atoms with E-state index in [1.807, 2.05) is 6.92 Å². The van der Waals surface area contributed by atoms with Gasteiger partial charge in [0.2, 0.25) is 0 Å². The Morgan fingerprint density at radius 1 is 1.00 bits per heavy atom. The van der Waals surface area contributed by atoms with Gasteiger partial charge in [0.25, 0.3) is 0 Å². The van der Waals surface area contributed by atoms with Gasteiger partial charge in [-0.3, -0.25) is 0 Å². The van der Waals surface area contributed by atoms with Crippen molar-refractivity contribution in [1.82, 2.24) is 9.78 Å². The Hall–Kier alpha value is -1.61. The molecule has 0 unspecified atom stereocenters. The van der Waals surface area contributed by atoms with Crippen molar-refractivity contribution in [3.05, 3.63) is 65.9 Å². The van der Waals surface area contributed by atoms with E-state index in [0.29, 0.717) is 11.3 Å². The monoisotopic (exact) mass is 388 g/mol. The van der Waals surface area contributed by atoms with Crippen LogP contribution in [0.15, 0.2) is 59.5 Å². The quantitative estimate of drug-likeness (QED) is 0.643. The summed E-state index contributed by atoms with van der Waals surface area (Å²) in [6.07, 6.45) is -4.58. The standard InChI is InChI=1S/C17H12F3N2O2S.Na/c1-11-2-4-12(5-3-11)15-10-16(17(18,19)20)21-22(15)13-6-8-14(9-7-13)25(23)24;/h2-10H,1H3;. The van der Waals surface area contributed by atoms with Crippen molar-refractivity contribution in [3.63, 3.8) is 0 Å². The van der Waals surface area contributed by atoms with Gasteiger partial charge in [0.05, 0.1) is 0 Å². The Morgan fingerprint density at radius 3 is 2.08 bits per heavy atom. The molecule has 0 aliphatic carbocycles. The van der Waals surface area contributed by atoms with Crippen LogP contribution >= 0.6 is 0 Å². The molecule has 0 radical (unpaired) electrons. The number of hydrogen-bond donors (Lipinski definition) is 0. The molecule has 0 N–H and O–H groups in total. The molecular weight excluding hydrogens is 376 g/mol. The molecule has 0 aliphatic heterocycles. The van der Waals surface area contributed by atoms with E-state index in [9.17, 15) is 21.6 Å². The van der Waals surface area contributed by atoms with E-state index < -0.39 is 17.8 Å². The third-order valence-corrected chi connectivity index (χ3v) is 6.40. The zero-order chi connectivity index (χ0) is 19.1. The molecule has 0 bridgehead atoms. The molecule has 0 spiro atoms. The van der Waals surface area contributed by atoms with E-state index in [1.165, 1.54) is 28.9 Å². The predicted octanol–water partition coefficient (Wildman–Crippen LogP) is 3.72. The maximum atomic E-state index is 13.1. The molecule has 0 fully saturated rings. The number of aryl methyl sites for hydroxylation is 1. The molecule has 1 aromatic heterocycles. The normalized spacial score (nSPS) is 12.4. The molecule has 3 aromatic rings. The van der Waals surface area contributed by atoms with Crippen LogP contribution in [0.3, 0.4) is 0 Å². The van der Waals surface area contributed by atoms with E-state index in [4.69, 9.17) is 0 Å². The number of alkyl halides is 3. The molecule has 26 heavy (non-hydrogen) atoms. The zero-order valence-electron chi connectivity index (χ0n) is 13.9. The van der Waals surface area contributed by atoms with Crippen molar-refractivity contribution in [1.29, 1.82) is 0 Å². The van der Waals surface area contributed by atoms with Crippen molar-refractivity contribution in [2.75, 3.05) is 0 Å². The van der Waals surface area contributed by atoms with Gasteiger partial charge in [0, 0.05) is 0 Å². The molecule has 1 heterocycles. The first-order valence-electron chi connectivity index (χ1n) is 7.60. The van der Waals surface area contributed by atoms with Crippen LogP contribution in [-0.4, -0.2) is 44.6 Å². The second kappa shape index (κ2) is 6.84. The topological polar surface area (TPSA) is 52.0 Å². The van der Waals surface area contributed by atoms with Crippen molar-refractivity contribution in [2.45, 2.75) is 18.0 Å². The van der Waals surface area contributed by atoms with E-state index in [0.717, 1.165) is 11.6 Å². The van der Waals surface area contributed by atoms with Crippen LogP contribution in [0.5, 0.6) is 0 Å². The first-order chi connectivity index (χ1) is 12.1. The maximum absolute atomic E-state index is 13.1. The average molecular weight is 388 g/mol. The van der Waals surface area contributed by atoms with Crippen LogP contribution in [-0.2, 0) is 12.1 Å². The molecule has 0 atom stereocenters. The fourth-order valence-corrected chi connectivity index (χ4v) is 3.93. The van der Waals surface area contributed by atoms with Crippen molar-refractivity contribution in [3.8, 4) is 16.9 Å². The number of nitrogens with zero attached hydrogens (tertiary/aromatic N) is 2. The van der Waals surface area contributed by atoms with E-state index >= 15 is 0 Å². The van der Waals surface area contributed by atoms with Crippen LogP contribution in [0.25, 0.3) is 16.9 Å². The van der Waals surface area contributed by atoms with Crippen molar-refractivity contribution < 1.29 is 21.6 Å². The Morgan fingerprint density at radius 2 is 1.58 bits per heavy atom. The van der Waals surface area contributed by atoms with Crippen LogP contribution in [0.4, 0.5) is 13.2 Å². The summed E-state index contributed by atoms with van der Waals surface area (Å²) in [5, 5.41) is 3.69. The third kappa shape index (κ3) is 4.03. The van der Waals surface area contributed by atoms with Gasteiger partial charge < -0.3 is 0 Å². The fraction of sp³-hybridized carbons (Fsp3) is 0.118. The van der Waals surface area contributed by atoms with Crippen molar-refractivity contribution >= 4 is 32.3 Å². The summed E-state index contributed by atoms with van der Waals surface area (Å²) in [7, 11) is 0. The van der Waals surface area contributed by atoms with Gasteiger partial charge in [0.1, 0.15) is 0 Å². The van der Waals surface area contributed by atoms with Crippen LogP contribution < -0.4 is 0 Å². The number of hydrogen-bond acceptors (Lipinski definition) is 3. The van der Waals surface area contributed by atoms with Gasteiger partial charge in [0.15, 0.2) is 0 Å². The molecular formula is C17H12F3N2NaO2S. The Bertz CT molecular complexity index is 1040. The molecule has 2 aromatic carbocycles. The van der Waals surface area contributed by atoms with Crippen molar-refractivity contribution in [2.24, 2.45) is 0 Å². The average Bonchev–Trinajstić information content (AvgIpc) is 3.00. The second-order valence-electron chi connectivity index (χ2n) is 5.96. The molecule has 0 saturated heterocycles. The van der Waals surface area contributed by atoms with E-state index in [-0.39, 0.29) is 36.9 Å². The zero-order valence-corrected chi connectivity index (χ0v) is 16.8. The summed E-state index contributed by atoms with van der Waals surface area (Å²) in [6, 6.07) is 13.7.